The second kappa shape index (κ2) is 7.84. The number of rotatable bonds is 7. The lowest BCUT2D eigenvalue weighted by Crippen LogP contribution is -2.37. The van der Waals surface area contributed by atoms with Crippen molar-refractivity contribution in [3.05, 3.63) is 17.5 Å². The molecule has 1 heterocycles. The molecule has 0 aliphatic carbocycles. The molecule has 0 unspecified atom stereocenters. The van der Waals surface area contributed by atoms with Crippen molar-refractivity contribution in [3.8, 4) is 0 Å². The van der Waals surface area contributed by atoms with E-state index in [2.05, 4.69) is 9.97 Å². The number of hydrogen-bond acceptors (Lipinski definition) is 5. The van der Waals surface area contributed by atoms with E-state index >= 15 is 0 Å². The van der Waals surface area contributed by atoms with Crippen LogP contribution in [0, 0.1) is 13.8 Å². The fourth-order valence-corrected chi connectivity index (χ4v) is 2.55. The molecule has 1 aromatic rings. The van der Waals surface area contributed by atoms with Gasteiger partial charge in [-0.1, -0.05) is 18.7 Å². The summed E-state index contributed by atoms with van der Waals surface area (Å²) in [6.07, 6.45) is 0.726. The highest BCUT2D eigenvalue weighted by Crippen LogP contribution is 2.14. The number of carboxylic acids is 1. The zero-order valence-electron chi connectivity index (χ0n) is 11.9. The molecule has 0 saturated carbocycles. The molecule has 110 valence electrons. The lowest BCUT2D eigenvalue weighted by Gasteiger charge is -2.19. The number of carboxylic acid groups (broad SMARTS) is 1. The van der Waals surface area contributed by atoms with Gasteiger partial charge in [-0.2, -0.15) is 0 Å². The summed E-state index contributed by atoms with van der Waals surface area (Å²) in [5.41, 5.74) is 1.70. The van der Waals surface area contributed by atoms with Crippen molar-refractivity contribution in [2.24, 2.45) is 0 Å². The normalized spacial score (nSPS) is 10.3. The van der Waals surface area contributed by atoms with E-state index in [9.17, 15) is 9.59 Å². The van der Waals surface area contributed by atoms with Crippen LogP contribution in [0.2, 0.25) is 0 Å². The van der Waals surface area contributed by atoms with Gasteiger partial charge in [0.1, 0.15) is 6.54 Å². The van der Waals surface area contributed by atoms with E-state index in [1.54, 1.807) is 0 Å². The first-order valence-corrected chi connectivity index (χ1v) is 7.35. The van der Waals surface area contributed by atoms with Crippen molar-refractivity contribution in [2.45, 2.75) is 32.3 Å². The number of aromatic nitrogens is 2. The highest BCUT2D eigenvalue weighted by Gasteiger charge is 2.16. The largest absolute Gasteiger partial charge is 0.480 e. The minimum atomic E-state index is -1.00. The summed E-state index contributed by atoms with van der Waals surface area (Å²) in [7, 11) is 0. The Morgan fingerprint density at radius 2 is 1.90 bits per heavy atom. The minimum absolute atomic E-state index is 0.149. The van der Waals surface area contributed by atoms with Crippen molar-refractivity contribution in [1.82, 2.24) is 14.9 Å². The van der Waals surface area contributed by atoms with E-state index in [1.165, 1.54) is 16.7 Å². The number of carbonyl (C=O) groups is 2. The summed E-state index contributed by atoms with van der Waals surface area (Å²) < 4.78 is 0. The van der Waals surface area contributed by atoms with Crippen LogP contribution in [-0.4, -0.2) is 50.7 Å². The summed E-state index contributed by atoms with van der Waals surface area (Å²) in [5, 5.41) is 9.34. The molecule has 0 saturated heterocycles. The van der Waals surface area contributed by atoms with Crippen LogP contribution in [0.5, 0.6) is 0 Å². The Bertz CT molecular complexity index is 473. The van der Waals surface area contributed by atoms with E-state index in [1.807, 2.05) is 26.8 Å². The maximum atomic E-state index is 12.0. The highest BCUT2D eigenvalue weighted by molar-refractivity contribution is 7.99. The Morgan fingerprint density at radius 3 is 2.40 bits per heavy atom. The predicted molar refractivity (Wildman–Crippen MR) is 76.7 cm³/mol. The van der Waals surface area contributed by atoms with Crippen LogP contribution in [0.25, 0.3) is 0 Å². The van der Waals surface area contributed by atoms with Gasteiger partial charge in [-0.15, -0.1) is 0 Å². The Hall–Kier alpha value is -1.63. The molecule has 0 spiro atoms. The van der Waals surface area contributed by atoms with Crippen LogP contribution in [0.4, 0.5) is 0 Å². The molecule has 0 bridgehead atoms. The number of nitrogens with zero attached hydrogens (tertiary/aromatic N) is 3. The molecule has 1 aromatic heterocycles. The molecule has 0 aliphatic rings. The SMILES string of the molecule is CCCN(CC(=O)O)C(=O)CSc1nc(C)cc(C)n1. The standard InChI is InChI=1S/C13H19N3O3S/c1-4-5-16(7-12(18)19)11(17)8-20-13-14-9(2)6-10(3)15-13/h6H,4-5,7-8H2,1-3H3,(H,18,19). The van der Waals surface area contributed by atoms with Crippen molar-refractivity contribution in [3.63, 3.8) is 0 Å². The Balaban J connectivity index is 2.61. The van der Waals surface area contributed by atoms with Crippen molar-refractivity contribution < 1.29 is 14.7 Å². The first kappa shape index (κ1) is 16.4. The Morgan fingerprint density at radius 1 is 1.30 bits per heavy atom. The molecule has 0 aromatic carbocycles. The third-order valence-corrected chi connectivity index (χ3v) is 3.29. The number of aryl methyl sites for hydroxylation is 2. The van der Waals surface area contributed by atoms with Gasteiger partial charge in [0, 0.05) is 17.9 Å². The fourth-order valence-electron chi connectivity index (χ4n) is 1.70. The number of carbonyl (C=O) groups excluding carboxylic acids is 1. The molecule has 0 aliphatic heterocycles. The summed E-state index contributed by atoms with van der Waals surface area (Å²) in [6, 6.07) is 1.86. The number of thioether (sulfide) groups is 1. The van der Waals surface area contributed by atoms with E-state index in [0.29, 0.717) is 11.7 Å². The van der Waals surface area contributed by atoms with Gasteiger partial charge in [-0.3, -0.25) is 9.59 Å². The van der Waals surface area contributed by atoms with E-state index in [0.717, 1.165) is 17.8 Å². The van der Waals surface area contributed by atoms with Crippen LogP contribution < -0.4 is 0 Å². The number of hydrogen-bond donors (Lipinski definition) is 1. The second-order valence-electron chi connectivity index (χ2n) is 4.43. The fraction of sp³-hybridized carbons (Fsp3) is 0.538. The summed E-state index contributed by atoms with van der Waals surface area (Å²) in [6.45, 7) is 5.82. The third kappa shape index (κ3) is 5.56. The quantitative estimate of drug-likeness (QED) is 0.606. The van der Waals surface area contributed by atoms with E-state index in [4.69, 9.17) is 5.11 Å². The predicted octanol–water partition coefficient (Wildman–Crippen LogP) is 1.51. The lowest BCUT2D eigenvalue weighted by molar-refractivity contribution is -0.143. The van der Waals surface area contributed by atoms with Gasteiger partial charge in [0.05, 0.1) is 5.75 Å². The van der Waals surface area contributed by atoms with Crippen LogP contribution in [0.1, 0.15) is 24.7 Å². The maximum absolute atomic E-state index is 12.0. The van der Waals surface area contributed by atoms with Gasteiger partial charge in [0.15, 0.2) is 5.16 Å². The van der Waals surface area contributed by atoms with Gasteiger partial charge >= 0.3 is 5.97 Å². The zero-order valence-corrected chi connectivity index (χ0v) is 12.7. The molecule has 1 rings (SSSR count). The molecule has 0 atom stereocenters. The molecule has 0 radical (unpaired) electrons. The van der Waals surface area contributed by atoms with Gasteiger partial charge in [0.25, 0.3) is 0 Å². The van der Waals surface area contributed by atoms with Crippen LogP contribution in [0.3, 0.4) is 0 Å². The van der Waals surface area contributed by atoms with Gasteiger partial charge in [-0.05, 0) is 26.3 Å². The average Bonchev–Trinajstić information content (AvgIpc) is 2.33. The minimum Gasteiger partial charge on any atom is -0.480 e. The summed E-state index contributed by atoms with van der Waals surface area (Å²) in [5.74, 6) is -1.06. The topological polar surface area (TPSA) is 83.4 Å². The summed E-state index contributed by atoms with van der Waals surface area (Å²) in [4.78, 5) is 32.5. The molecule has 6 nitrogen and oxygen atoms in total. The smallest absolute Gasteiger partial charge is 0.323 e. The molecule has 1 amide bonds. The third-order valence-electron chi connectivity index (χ3n) is 2.46. The van der Waals surface area contributed by atoms with E-state index < -0.39 is 5.97 Å². The molecule has 1 N–H and O–H groups in total. The van der Waals surface area contributed by atoms with Crippen LogP contribution >= 0.6 is 11.8 Å². The van der Waals surface area contributed by atoms with Crippen molar-refractivity contribution in [2.75, 3.05) is 18.8 Å². The monoisotopic (exact) mass is 297 g/mol. The summed E-state index contributed by atoms with van der Waals surface area (Å²) >= 11 is 1.23. The Kier molecular flexibility index (Phi) is 6.44. The van der Waals surface area contributed by atoms with E-state index in [-0.39, 0.29) is 18.2 Å². The molecular formula is C13H19N3O3S. The maximum Gasteiger partial charge on any atom is 0.323 e. The lowest BCUT2D eigenvalue weighted by atomic mass is 10.4. The number of aliphatic carboxylic acids is 1. The van der Waals surface area contributed by atoms with Crippen molar-refractivity contribution >= 4 is 23.6 Å². The molecule has 0 fully saturated rings. The van der Waals surface area contributed by atoms with Crippen molar-refractivity contribution in [1.29, 1.82) is 0 Å². The molecular weight excluding hydrogens is 278 g/mol. The van der Waals surface area contributed by atoms with Gasteiger partial charge in [-0.25, -0.2) is 9.97 Å². The zero-order chi connectivity index (χ0) is 15.1. The molecule has 20 heavy (non-hydrogen) atoms. The average molecular weight is 297 g/mol. The molecule has 7 heteroatoms. The van der Waals surface area contributed by atoms with Gasteiger partial charge in [0.2, 0.25) is 5.91 Å². The van der Waals surface area contributed by atoms with Crippen LogP contribution in [0.15, 0.2) is 11.2 Å². The second-order valence-corrected chi connectivity index (χ2v) is 5.37. The highest BCUT2D eigenvalue weighted by atomic mass is 32.2. The first-order chi connectivity index (χ1) is 9.42. The number of amides is 1. The van der Waals surface area contributed by atoms with Gasteiger partial charge < -0.3 is 10.0 Å². The van der Waals surface area contributed by atoms with Crippen LogP contribution in [-0.2, 0) is 9.59 Å². The Labute approximate surface area is 122 Å². The first-order valence-electron chi connectivity index (χ1n) is 6.37.